The SMILES string of the molecule is O=C(c1cccc(-n2cccc2)c1)N1CCN(Cc2ccc3c(c2)OCO3)CC1. The van der Waals surface area contributed by atoms with E-state index in [1.54, 1.807) is 0 Å². The van der Waals surface area contributed by atoms with Gasteiger partial charge in [0, 0.05) is 56.4 Å². The Labute approximate surface area is 169 Å². The third kappa shape index (κ3) is 3.71. The van der Waals surface area contributed by atoms with Crippen molar-refractivity contribution in [1.82, 2.24) is 14.4 Å². The average molecular weight is 389 g/mol. The first-order valence-corrected chi connectivity index (χ1v) is 9.90. The Morgan fingerprint density at radius 1 is 0.862 bits per heavy atom. The molecule has 0 N–H and O–H groups in total. The topological polar surface area (TPSA) is 46.9 Å². The molecule has 0 aliphatic carbocycles. The lowest BCUT2D eigenvalue weighted by atomic mass is 10.1. The van der Waals surface area contributed by atoms with E-state index in [1.165, 1.54) is 5.56 Å². The first-order chi connectivity index (χ1) is 14.3. The van der Waals surface area contributed by atoms with Crippen molar-refractivity contribution in [3.05, 3.63) is 78.1 Å². The average Bonchev–Trinajstić information content (AvgIpc) is 3.46. The molecule has 0 saturated carbocycles. The molecule has 29 heavy (non-hydrogen) atoms. The van der Waals surface area contributed by atoms with Gasteiger partial charge in [-0.2, -0.15) is 0 Å². The normalized spacial score (nSPS) is 16.2. The van der Waals surface area contributed by atoms with E-state index < -0.39 is 0 Å². The van der Waals surface area contributed by atoms with Crippen LogP contribution in [0.25, 0.3) is 5.69 Å². The van der Waals surface area contributed by atoms with Gasteiger partial charge in [-0.3, -0.25) is 9.69 Å². The van der Waals surface area contributed by atoms with Gasteiger partial charge < -0.3 is 18.9 Å². The summed E-state index contributed by atoms with van der Waals surface area (Å²) in [4.78, 5) is 17.3. The van der Waals surface area contributed by atoms with E-state index in [4.69, 9.17) is 9.47 Å². The Morgan fingerprint density at radius 2 is 1.66 bits per heavy atom. The van der Waals surface area contributed by atoms with Crippen LogP contribution in [0.4, 0.5) is 0 Å². The van der Waals surface area contributed by atoms with Gasteiger partial charge in [0.1, 0.15) is 0 Å². The van der Waals surface area contributed by atoms with Gasteiger partial charge in [-0.05, 0) is 48.0 Å². The minimum absolute atomic E-state index is 0.0988. The van der Waals surface area contributed by atoms with Crippen LogP contribution in [0.3, 0.4) is 0 Å². The predicted molar refractivity (Wildman–Crippen MR) is 110 cm³/mol. The molecule has 0 bridgehead atoms. The fourth-order valence-corrected chi connectivity index (χ4v) is 3.90. The molecule has 0 atom stereocenters. The lowest BCUT2D eigenvalue weighted by Crippen LogP contribution is -2.48. The van der Waals surface area contributed by atoms with Crippen molar-refractivity contribution in [1.29, 1.82) is 0 Å². The zero-order chi connectivity index (χ0) is 19.6. The van der Waals surface area contributed by atoms with Crippen LogP contribution >= 0.6 is 0 Å². The molecule has 3 heterocycles. The summed E-state index contributed by atoms with van der Waals surface area (Å²) in [6.07, 6.45) is 3.97. The van der Waals surface area contributed by atoms with Crippen molar-refractivity contribution >= 4 is 5.91 Å². The maximum atomic E-state index is 13.0. The summed E-state index contributed by atoms with van der Waals surface area (Å²) in [5.74, 6) is 1.73. The fraction of sp³-hybridized carbons (Fsp3) is 0.261. The molecule has 2 aliphatic heterocycles. The number of rotatable bonds is 4. The first-order valence-electron chi connectivity index (χ1n) is 9.90. The van der Waals surface area contributed by atoms with Crippen LogP contribution in [-0.2, 0) is 6.54 Å². The van der Waals surface area contributed by atoms with E-state index in [-0.39, 0.29) is 5.91 Å². The molecule has 5 rings (SSSR count). The predicted octanol–water partition coefficient (Wildman–Crippen LogP) is 3.16. The maximum absolute atomic E-state index is 13.0. The second kappa shape index (κ2) is 7.64. The summed E-state index contributed by atoms with van der Waals surface area (Å²) < 4.78 is 12.9. The minimum atomic E-state index is 0.0988. The highest BCUT2D eigenvalue weighted by molar-refractivity contribution is 5.94. The van der Waals surface area contributed by atoms with E-state index >= 15 is 0 Å². The van der Waals surface area contributed by atoms with Crippen molar-refractivity contribution in [3.8, 4) is 17.2 Å². The van der Waals surface area contributed by atoms with E-state index in [0.29, 0.717) is 6.79 Å². The quantitative estimate of drug-likeness (QED) is 0.688. The van der Waals surface area contributed by atoms with Gasteiger partial charge in [-0.1, -0.05) is 12.1 Å². The molecule has 1 fully saturated rings. The largest absolute Gasteiger partial charge is 0.454 e. The highest BCUT2D eigenvalue weighted by Crippen LogP contribution is 2.32. The molecule has 1 amide bonds. The van der Waals surface area contributed by atoms with Gasteiger partial charge in [0.25, 0.3) is 5.91 Å². The Hall–Kier alpha value is -3.25. The van der Waals surface area contributed by atoms with Crippen LogP contribution < -0.4 is 9.47 Å². The highest BCUT2D eigenvalue weighted by atomic mass is 16.7. The number of ether oxygens (including phenoxy) is 2. The smallest absolute Gasteiger partial charge is 0.254 e. The van der Waals surface area contributed by atoms with Crippen molar-refractivity contribution < 1.29 is 14.3 Å². The molecule has 0 radical (unpaired) electrons. The molecular formula is C23H23N3O3. The van der Waals surface area contributed by atoms with E-state index in [0.717, 1.165) is 55.5 Å². The van der Waals surface area contributed by atoms with Crippen molar-refractivity contribution in [2.75, 3.05) is 33.0 Å². The van der Waals surface area contributed by atoms with Crippen LogP contribution in [-0.4, -0.2) is 53.2 Å². The molecule has 1 aromatic heterocycles. The number of fused-ring (bicyclic) bond motifs is 1. The number of nitrogens with zero attached hydrogens (tertiary/aromatic N) is 3. The minimum Gasteiger partial charge on any atom is -0.454 e. The van der Waals surface area contributed by atoms with Gasteiger partial charge >= 0.3 is 0 Å². The lowest BCUT2D eigenvalue weighted by molar-refractivity contribution is 0.0628. The molecule has 1 saturated heterocycles. The van der Waals surface area contributed by atoms with E-state index in [1.807, 2.05) is 70.4 Å². The summed E-state index contributed by atoms with van der Waals surface area (Å²) >= 11 is 0. The number of carbonyl (C=O) groups is 1. The van der Waals surface area contributed by atoms with Crippen LogP contribution in [0.1, 0.15) is 15.9 Å². The number of piperazine rings is 1. The van der Waals surface area contributed by atoms with Crippen molar-refractivity contribution in [2.45, 2.75) is 6.54 Å². The summed E-state index contributed by atoms with van der Waals surface area (Å²) in [7, 11) is 0. The maximum Gasteiger partial charge on any atom is 0.254 e. The molecule has 3 aromatic rings. The van der Waals surface area contributed by atoms with Crippen LogP contribution in [0.5, 0.6) is 11.5 Å². The lowest BCUT2D eigenvalue weighted by Gasteiger charge is -2.34. The van der Waals surface area contributed by atoms with Gasteiger partial charge in [0.15, 0.2) is 11.5 Å². The third-order valence-corrected chi connectivity index (χ3v) is 5.50. The van der Waals surface area contributed by atoms with Gasteiger partial charge in [0.05, 0.1) is 0 Å². The van der Waals surface area contributed by atoms with Gasteiger partial charge in [0.2, 0.25) is 6.79 Å². The number of benzene rings is 2. The molecule has 0 unspecified atom stereocenters. The van der Waals surface area contributed by atoms with E-state index in [9.17, 15) is 4.79 Å². The van der Waals surface area contributed by atoms with Crippen molar-refractivity contribution in [3.63, 3.8) is 0 Å². The van der Waals surface area contributed by atoms with Gasteiger partial charge in [-0.15, -0.1) is 0 Å². The number of hydrogen-bond donors (Lipinski definition) is 0. The van der Waals surface area contributed by atoms with Crippen LogP contribution in [0.15, 0.2) is 67.0 Å². The number of hydrogen-bond acceptors (Lipinski definition) is 4. The molecule has 148 valence electrons. The van der Waals surface area contributed by atoms with Crippen LogP contribution in [0, 0.1) is 0 Å². The van der Waals surface area contributed by atoms with Crippen LogP contribution in [0.2, 0.25) is 0 Å². The zero-order valence-electron chi connectivity index (χ0n) is 16.2. The first kappa shape index (κ1) is 17.8. The van der Waals surface area contributed by atoms with E-state index in [2.05, 4.69) is 11.0 Å². The zero-order valence-corrected chi connectivity index (χ0v) is 16.2. The Bertz CT molecular complexity index is 1010. The highest BCUT2D eigenvalue weighted by Gasteiger charge is 2.23. The Kier molecular flexibility index (Phi) is 4.69. The molecule has 2 aromatic carbocycles. The number of amides is 1. The number of aromatic nitrogens is 1. The summed E-state index contributed by atoms with van der Waals surface area (Å²) in [6.45, 7) is 4.33. The molecule has 6 nitrogen and oxygen atoms in total. The second-order valence-corrected chi connectivity index (χ2v) is 7.40. The van der Waals surface area contributed by atoms with Gasteiger partial charge in [-0.25, -0.2) is 0 Å². The standard InChI is InChI=1S/C23H23N3O3/c27-23(19-4-3-5-20(15-19)25-8-1-2-9-25)26-12-10-24(11-13-26)16-18-6-7-21-22(14-18)29-17-28-21/h1-9,14-15H,10-13,16-17H2. The Morgan fingerprint density at radius 3 is 2.48 bits per heavy atom. The monoisotopic (exact) mass is 389 g/mol. The molecular weight excluding hydrogens is 366 g/mol. The summed E-state index contributed by atoms with van der Waals surface area (Å²) in [5, 5.41) is 0. The summed E-state index contributed by atoms with van der Waals surface area (Å²) in [6, 6.07) is 17.9. The third-order valence-electron chi connectivity index (χ3n) is 5.50. The fourth-order valence-electron chi connectivity index (χ4n) is 3.90. The van der Waals surface area contributed by atoms with Crippen molar-refractivity contribution in [2.24, 2.45) is 0 Å². The second-order valence-electron chi connectivity index (χ2n) is 7.40. The number of carbonyl (C=O) groups excluding carboxylic acids is 1. The Balaban J connectivity index is 1.20. The summed E-state index contributed by atoms with van der Waals surface area (Å²) in [5.41, 5.74) is 2.94. The molecule has 6 heteroatoms. The molecule has 0 spiro atoms. The molecule has 2 aliphatic rings.